The van der Waals surface area contributed by atoms with Gasteiger partial charge >= 0.3 is 0 Å². The van der Waals surface area contributed by atoms with E-state index in [0.29, 0.717) is 0 Å². The molecule has 104 valence electrons. The van der Waals surface area contributed by atoms with Gasteiger partial charge in [-0.25, -0.2) is 0 Å². The Morgan fingerprint density at radius 3 is 2.79 bits per heavy atom. The van der Waals surface area contributed by atoms with Crippen LogP contribution in [0.4, 0.5) is 0 Å². The van der Waals surface area contributed by atoms with Crippen LogP contribution in [0.1, 0.15) is 51.1 Å². The van der Waals surface area contributed by atoms with E-state index in [1.54, 1.807) is 0 Å². The third-order valence-electron chi connectivity index (χ3n) is 5.01. The molecule has 1 heterocycles. The second-order valence-electron chi connectivity index (χ2n) is 6.48. The molecule has 2 N–H and O–H groups in total. The summed E-state index contributed by atoms with van der Waals surface area (Å²) >= 11 is 3.51. The fourth-order valence-corrected chi connectivity index (χ4v) is 4.01. The van der Waals surface area contributed by atoms with Crippen LogP contribution in [0.25, 0.3) is 0 Å². The second kappa shape index (κ2) is 4.78. The molecular weight excluding hydrogens is 302 g/mol. The van der Waals surface area contributed by atoms with Crippen molar-refractivity contribution in [3.8, 4) is 5.75 Å². The molecule has 3 rings (SSSR count). The molecule has 19 heavy (non-hydrogen) atoms. The molecule has 1 spiro atoms. The third-order valence-corrected chi connectivity index (χ3v) is 5.50. The van der Waals surface area contributed by atoms with E-state index in [1.165, 1.54) is 6.42 Å². The summed E-state index contributed by atoms with van der Waals surface area (Å²) in [6.07, 6.45) is 4.48. The summed E-state index contributed by atoms with van der Waals surface area (Å²) in [6.45, 7) is 4.70. The van der Waals surface area contributed by atoms with Crippen LogP contribution >= 0.6 is 15.9 Å². The van der Waals surface area contributed by atoms with Gasteiger partial charge in [0, 0.05) is 22.5 Å². The molecule has 1 aliphatic carbocycles. The maximum Gasteiger partial charge on any atom is 0.124 e. The normalized spacial score (nSPS) is 37.8. The maximum atomic E-state index is 6.40. The van der Waals surface area contributed by atoms with E-state index in [4.69, 9.17) is 10.5 Å². The lowest BCUT2D eigenvalue weighted by atomic mass is 9.69. The first-order chi connectivity index (χ1) is 8.99. The molecule has 1 aliphatic heterocycles. The van der Waals surface area contributed by atoms with Crippen LogP contribution in [0.15, 0.2) is 22.7 Å². The summed E-state index contributed by atoms with van der Waals surface area (Å²) in [4.78, 5) is 0. The minimum atomic E-state index is -0.0217. The molecule has 1 aromatic rings. The molecule has 2 nitrogen and oxygen atoms in total. The average molecular weight is 324 g/mol. The van der Waals surface area contributed by atoms with E-state index >= 15 is 0 Å². The predicted octanol–water partition coefficient (Wildman–Crippen LogP) is 4.43. The zero-order chi connectivity index (χ0) is 13.6. The van der Waals surface area contributed by atoms with E-state index < -0.39 is 0 Å². The first-order valence-corrected chi connectivity index (χ1v) is 8.02. The second-order valence-corrected chi connectivity index (χ2v) is 7.39. The molecule has 4 atom stereocenters. The van der Waals surface area contributed by atoms with E-state index in [-0.39, 0.29) is 11.6 Å². The SMILES string of the molecule is CC1CCC2(CC1C)C[C@H](N)c1cc(Br)ccc1O2. The monoisotopic (exact) mass is 323 g/mol. The highest BCUT2D eigenvalue weighted by atomic mass is 79.9. The van der Waals surface area contributed by atoms with Crippen molar-refractivity contribution < 1.29 is 4.74 Å². The Hall–Kier alpha value is -0.540. The topological polar surface area (TPSA) is 35.2 Å². The van der Waals surface area contributed by atoms with Gasteiger partial charge in [-0.3, -0.25) is 0 Å². The molecular formula is C16H22BrNO. The summed E-state index contributed by atoms with van der Waals surface area (Å²) in [6, 6.07) is 6.30. The van der Waals surface area contributed by atoms with Crippen molar-refractivity contribution in [3.05, 3.63) is 28.2 Å². The number of ether oxygens (including phenoxy) is 1. The fourth-order valence-electron chi connectivity index (χ4n) is 3.63. The van der Waals surface area contributed by atoms with Crippen LogP contribution in [0.3, 0.4) is 0 Å². The Bertz CT molecular complexity index is 490. The largest absolute Gasteiger partial charge is 0.487 e. The predicted molar refractivity (Wildman–Crippen MR) is 81.2 cm³/mol. The highest BCUT2D eigenvalue weighted by molar-refractivity contribution is 9.10. The average Bonchev–Trinajstić information content (AvgIpc) is 2.36. The quantitative estimate of drug-likeness (QED) is 0.766. The minimum absolute atomic E-state index is 0.0217. The lowest BCUT2D eigenvalue weighted by molar-refractivity contribution is -0.0287. The summed E-state index contributed by atoms with van der Waals surface area (Å²) in [7, 11) is 0. The van der Waals surface area contributed by atoms with Crippen molar-refractivity contribution in [2.75, 3.05) is 0 Å². The molecule has 2 aliphatic rings. The number of hydrogen-bond acceptors (Lipinski definition) is 2. The Labute approximate surface area is 123 Å². The minimum Gasteiger partial charge on any atom is -0.487 e. The summed E-state index contributed by atoms with van der Waals surface area (Å²) in [5.41, 5.74) is 7.52. The van der Waals surface area contributed by atoms with Crippen molar-refractivity contribution >= 4 is 15.9 Å². The van der Waals surface area contributed by atoms with Gasteiger partial charge in [0.15, 0.2) is 0 Å². The number of halogens is 1. The van der Waals surface area contributed by atoms with Gasteiger partial charge in [-0.15, -0.1) is 0 Å². The van der Waals surface area contributed by atoms with Crippen LogP contribution in [0.2, 0.25) is 0 Å². The molecule has 3 unspecified atom stereocenters. The Morgan fingerprint density at radius 2 is 2.05 bits per heavy atom. The van der Waals surface area contributed by atoms with Crippen molar-refractivity contribution in [2.45, 2.75) is 51.2 Å². The standard InChI is InChI=1S/C16H22BrNO/c1-10-5-6-16(8-11(10)2)9-14(18)13-7-12(17)3-4-15(13)19-16/h3-4,7,10-11,14H,5-6,8-9,18H2,1-2H3/t10?,11?,14-,16?/m0/s1. The van der Waals surface area contributed by atoms with Gasteiger partial charge in [0.1, 0.15) is 11.4 Å². The smallest absolute Gasteiger partial charge is 0.124 e. The molecule has 0 radical (unpaired) electrons. The highest BCUT2D eigenvalue weighted by Gasteiger charge is 2.44. The van der Waals surface area contributed by atoms with E-state index in [2.05, 4.69) is 41.9 Å². The summed E-state index contributed by atoms with van der Waals surface area (Å²) in [5.74, 6) is 2.51. The lowest BCUT2D eigenvalue weighted by Gasteiger charge is -2.47. The maximum absolute atomic E-state index is 6.40. The van der Waals surface area contributed by atoms with Crippen molar-refractivity contribution in [3.63, 3.8) is 0 Å². The number of hydrogen-bond donors (Lipinski definition) is 1. The number of benzene rings is 1. The van der Waals surface area contributed by atoms with Crippen LogP contribution in [-0.2, 0) is 0 Å². The number of rotatable bonds is 0. The van der Waals surface area contributed by atoms with Gasteiger partial charge in [-0.2, -0.15) is 0 Å². The van der Waals surface area contributed by atoms with E-state index in [1.807, 2.05) is 6.07 Å². The van der Waals surface area contributed by atoms with Crippen LogP contribution in [-0.4, -0.2) is 5.60 Å². The Morgan fingerprint density at radius 1 is 1.26 bits per heavy atom. The summed E-state index contributed by atoms with van der Waals surface area (Å²) in [5, 5.41) is 0. The fraction of sp³-hybridized carbons (Fsp3) is 0.625. The molecule has 3 heteroatoms. The molecule has 1 fully saturated rings. The van der Waals surface area contributed by atoms with Gasteiger partial charge in [-0.1, -0.05) is 29.8 Å². The van der Waals surface area contributed by atoms with Crippen LogP contribution in [0.5, 0.6) is 5.75 Å². The first-order valence-electron chi connectivity index (χ1n) is 7.23. The third kappa shape index (κ3) is 2.43. The van der Waals surface area contributed by atoms with E-state index in [9.17, 15) is 0 Å². The van der Waals surface area contributed by atoms with Gasteiger partial charge in [0.05, 0.1) is 0 Å². The first kappa shape index (κ1) is 13.4. The molecule has 0 bridgehead atoms. The molecule has 0 saturated heterocycles. The number of nitrogens with two attached hydrogens (primary N) is 1. The zero-order valence-electron chi connectivity index (χ0n) is 11.7. The molecule has 0 aromatic heterocycles. The molecule has 1 saturated carbocycles. The highest BCUT2D eigenvalue weighted by Crippen LogP contribution is 2.48. The van der Waals surface area contributed by atoms with Gasteiger partial charge < -0.3 is 10.5 Å². The summed E-state index contributed by atoms with van der Waals surface area (Å²) < 4.78 is 7.48. The van der Waals surface area contributed by atoms with Crippen LogP contribution in [0, 0.1) is 11.8 Å². The van der Waals surface area contributed by atoms with Crippen molar-refractivity contribution in [1.82, 2.24) is 0 Å². The Kier molecular flexibility index (Phi) is 3.38. The number of fused-ring (bicyclic) bond motifs is 1. The van der Waals surface area contributed by atoms with Crippen LogP contribution < -0.4 is 10.5 Å². The van der Waals surface area contributed by atoms with Gasteiger partial charge in [0.2, 0.25) is 0 Å². The van der Waals surface area contributed by atoms with E-state index in [0.717, 1.165) is 46.9 Å². The van der Waals surface area contributed by atoms with Crippen molar-refractivity contribution in [1.29, 1.82) is 0 Å². The lowest BCUT2D eigenvalue weighted by Crippen LogP contribution is -2.47. The molecule has 0 amide bonds. The molecule has 1 aromatic carbocycles. The zero-order valence-corrected chi connectivity index (χ0v) is 13.2. The van der Waals surface area contributed by atoms with Crippen molar-refractivity contribution in [2.24, 2.45) is 17.6 Å². The van der Waals surface area contributed by atoms with Gasteiger partial charge in [0.25, 0.3) is 0 Å². The van der Waals surface area contributed by atoms with Gasteiger partial charge in [-0.05, 0) is 49.3 Å². The Balaban J connectivity index is 1.90.